The van der Waals surface area contributed by atoms with E-state index in [0.29, 0.717) is 0 Å². The lowest BCUT2D eigenvalue weighted by Crippen LogP contribution is -2.16. The van der Waals surface area contributed by atoms with E-state index in [2.05, 4.69) is 10.8 Å². The predicted octanol–water partition coefficient (Wildman–Crippen LogP) is 2.01. The number of aliphatic hydroxyl groups is 1. The number of hydrogen-bond donors (Lipinski definition) is 1. The van der Waals surface area contributed by atoms with Gasteiger partial charge in [-0.15, -0.1) is 0 Å². The normalized spacial score (nSPS) is 23.1. The van der Waals surface area contributed by atoms with Crippen LogP contribution in [0.2, 0.25) is 0 Å². The van der Waals surface area contributed by atoms with Crippen molar-refractivity contribution in [1.29, 1.82) is 0 Å². The number of rotatable bonds is 4. The molecule has 1 aliphatic carbocycles. The first-order valence-electron chi connectivity index (χ1n) is 6.27. The minimum atomic E-state index is -0.743. The highest BCUT2D eigenvalue weighted by molar-refractivity contribution is 7.84. The minimum Gasteiger partial charge on any atom is -0.388 e. The summed E-state index contributed by atoms with van der Waals surface area (Å²) < 4.78 is 13.5. The molecule has 1 heterocycles. The summed E-state index contributed by atoms with van der Waals surface area (Å²) in [6, 6.07) is 2.03. The van der Waals surface area contributed by atoms with Crippen LogP contribution < -0.4 is 0 Å². The zero-order chi connectivity index (χ0) is 12.4. The molecule has 2 rings (SSSR count). The second kappa shape index (κ2) is 5.36. The third-order valence-corrected chi connectivity index (χ3v) is 5.08. The van der Waals surface area contributed by atoms with Crippen molar-refractivity contribution in [1.82, 2.24) is 4.57 Å². The zero-order valence-electron chi connectivity index (χ0n) is 10.6. The third-order valence-electron chi connectivity index (χ3n) is 3.71. The highest BCUT2D eigenvalue weighted by atomic mass is 32.2. The first kappa shape index (κ1) is 12.8. The fourth-order valence-corrected chi connectivity index (χ4v) is 2.87. The Hall–Kier alpha value is -0.610. The Labute approximate surface area is 105 Å². The van der Waals surface area contributed by atoms with Crippen LogP contribution in [0.5, 0.6) is 0 Å². The van der Waals surface area contributed by atoms with Crippen LogP contribution in [0.25, 0.3) is 0 Å². The fourth-order valence-electron chi connectivity index (χ4n) is 2.43. The van der Waals surface area contributed by atoms with Crippen LogP contribution in [0, 0.1) is 0 Å². The average Bonchev–Trinajstić information content (AvgIpc) is 2.70. The molecular weight excluding hydrogens is 234 g/mol. The van der Waals surface area contributed by atoms with E-state index in [1.807, 2.05) is 13.0 Å². The predicted molar refractivity (Wildman–Crippen MR) is 70.5 cm³/mol. The van der Waals surface area contributed by atoms with Gasteiger partial charge in [-0.3, -0.25) is 4.21 Å². The van der Waals surface area contributed by atoms with Gasteiger partial charge in [0.2, 0.25) is 0 Å². The van der Waals surface area contributed by atoms with E-state index in [-0.39, 0.29) is 11.4 Å². The monoisotopic (exact) mass is 255 g/mol. The molecule has 0 saturated heterocycles. The summed E-state index contributed by atoms with van der Waals surface area (Å²) in [5, 5.41) is 10.1. The highest BCUT2D eigenvalue weighted by Gasteiger charge is 2.21. The van der Waals surface area contributed by atoms with Gasteiger partial charge in [0.25, 0.3) is 0 Å². The van der Waals surface area contributed by atoms with Crippen LogP contribution in [0.15, 0.2) is 12.3 Å². The average molecular weight is 255 g/mol. The summed E-state index contributed by atoms with van der Waals surface area (Å²) in [5.74, 6) is 0. The van der Waals surface area contributed by atoms with Crippen molar-refractivity contribution >= 4 is 10.8 Å². The first-order chi connectivity index (χ1) is 8.09. The molecule has 0 fully saturated rings. The van der Waals surface area contributed by atoms with Crippen molar-refractivity contribution in [2.75, 3.05) is 6.26 Å². The minimum absolute atomic E-state index is 0.238. The number of hydrogen-bond acceptors (Lipinski definition) is 2. The smallest absolute Gasteiger partial charge is 0.0807 e. The van der Waals surface area contributed by atoms with Gasteiger partial charge < -0.3 is 9.67 Å². The molecule has 0 amide bonds. The summed E-state index contributed by atoms with van der Waals surface area (Å²) in [6.45, 7) is 2.93. The Balaban J connectivity index is 2.05. The van der Waals surface area contributed by atoms with Crippen LogP contribution in [0.3, 0.4) is 0 Å². The molecule has 96 valence electrons. The Morgan fingerprint density at radius 3 is 3.12 bits per heavy atom. The molecule has 1 aliphatic rings. The van der Waals surface area contributed by atoms with Gasteiger partial charge in [-0.2, -0.15) is 0 Å². The summed E-state index contributed by atoms with van der Waals surface area (Å²) in [4.78, 5) is 0. The third kappa shape index (κ3) is 2.80. The van der Waals surface area contributed by atoms with E-state index in [0.717, 1.165) is 37.8 Å². The highest BCUT2D eigenvalue weighted by Crippen LogP contribution is 2.30. The summed E-state index contributed by atoms with van der Waals surface area (Å²) in [7, 11) is -0.743. The number of aliphatic hydroxyl groups excluding tert-OH is 1. The van der Waals surface area contributed by atoms with E-state index < -0.39 is 10.8 Å². The zero-order valence-corrected chi connectivity index (χ0v) is 11.4. The van der Waals surface area contributed by atoms with Crippen LogP contribution >= 0.6 is 0 Å². The van der Waals surface area contributed by atoms with Crippen molar-refractivity contribution in [3.63, 3.8) is 0 Å². The second-order valence-electron chi connectivity index (χ2n) is 4.92. The molecule has 0 saturated carbocycles. The maximum atomic E-state index is 11.3. The maximum absolute atomic E-state index is 11.3. The summed E-state index contributed by atoms with van der Waals surface area (Å²) in [5.41, 5.74) is 2.37. The molecule has 0 radical (unpaired) electrons. The van der Waals surface area contributed by atoms with E-state index >= 15 is 0 Å². The van der Waals surface area contributed by atoms with Crippen LogP contribution in [0.1, 0.15) is 43.5 Å². The molecule has 3 nitrogen and oxygen atoms in total. The Morgan fingerprint density at radius 2 is 2.41 bits per heavy atom. The summed E-state index contributed by atoms with van der Waals surface area (Å²) >= 11 is 0. The largest absolute Gasteiger partial charge is 0.388 e. The molecule has 1 N–H and O–H groups in total. The van der Waals surface area contributed by atoms with E-state index in [1.54, 1.807) is 6.26 Å². The van der Waals surface area contributed by atoms with Crippen molar-refractivity contribution in [3.8, 4) is 0 Å². The number of aryl methyl sites for hydroxylation is 1. The van der Waals surface area contributed by atoms with E-state index in [9.17, 15) is 9.32 Å². The lowest BCUT2D eigenvalue weighted by Gasteiger charge is -2.20. The topological polar surface area (TPSA) is 42.2 Å². The molecule has 1 aromatic rings. The number of nitrogens with zero attached hydrogens (tertiary/aromatic N) is 1. The van der Waals surface area contributed by atoms with Crippen molar-refractivity contribution in [3.05, 3.63) is 23.5 Å². The number of aromatic nitrogens is 1. The van der Waals surface area contributed by atoms with Gasteiger partial charge in [-0.05, 0) is 31.7 Å². The Morgan fingerprint density at radius 1 is 1.65 bits per heavy atom. The first-order valence-corrected chi connectivity index (χ1v) is 7.90. The van der Waals surface area contributed by atoms with Gasteiger partial charge in [-0.1, -0.05) is 6.92 Å². The van der Waals surface area contributed by atoms with Crippen molar-refractivity contribution in [2.24, 2.45) is 0 Å². The SMILES string of the molecule is CC(CCn1ccc2c1CCCC2O)S(C)=O. The van der Waals surface area contributed by atoms with Crippen molar-refractivity contribution in [2.45, 2.75) is 50.5 Å². The second-order valence-corrected chi connectivity index (χ2v) is 6.72. The van der Waals surface area contributed by atoms with Gasteiger partial charge in [0.1, 0.15) is 0 Å². The van der Waals surface area contributed by atoms with Gasteiger partial charge in [0, 0.05) is 46.3 Å². The van der Waals surface area contributed by atoms with Gasteiger partial charge in [-0.25, -0.2) is 0 Å². The van der Waals surface area contributed by atoms with Gasteiger partial charge >= 0.3 is 0 Å². The standard InChI is InChI=1S/C13H21NO2S/c1-10(17(2)16)6-8-14-9-7-11-12(14)4-3-5-13(11)15/h7,9-10,13,15H,3-6,8H2,1-2H3. The van der Waals surface area contributed by atoms with Gasteiger partial charge in [0.05, 0.1) is 6.10 Å². The lowest BCUT2D eigenvalue weighted by molar-refractivity contribution is 0.155. The van der Waals surface area contributed by atoms with Crippen LogP contribution in [-0.2, 0) is 23.8 Å². The molecule has 3 atom stereocenters. The van der Waals surface area contributed by atoms with Crippen molar-refractivity contribution < 1.29 is 9.32 Å². The van der Waals surface area contributed by atoms with Crippen LogP contribution in [-0.4, -0.2) is 25.4 Å². The number of fused-ring (bicyclic) bond motifs is 1. The maximum Gasteiger partial charge on any atom is 0.0807 e. The molecule has 0 aliphatic heterocycles. The molecule has 1 aromatic heterocycles. The van der Waals surface area contributed by atoms with Gasteiger partial charge in [0.15, 0.2) is 0 Å². The molecule has 0 bridgehead atoms. The molecule has 3 unspecified atom stereocenters. The fraction of sp³-hybridized carbons (Fsp3) is 0.692. The molecular formula is C13H21NO2S. The Kier molecular flexibility index (Phi) is 4.05. The quantitative estimate of drug-likeness (QED) is 0.894. The van der Waals surface area contributed by atoms with Crippen LogP contribution in [0.4, 0.5) is 0 Å². The van der Waals surface area contributed by atoms with E-state index in [4.69, 9.17) is 0 Å². The molecule has 0 aromatic carbocycles. The molecule has 17 heavy (non-hydrogen) atoms. The molecule has 0 spiro atoms. The lowest BCUT2D eigenvalue weighted by atomic mass is 9.95. The Bertz CT molecular complexity index is 414. The summed E-state index contributed by atoms with van der Waals surface area (Å²) in [6.07, 6.45) is 7.48. The van der Waals surface area contributed by atoms with E-state index in [1.165, 1.54) is 5.69 Å². The molecule has 4 heteroatoms.